The summed E-state index contributed by atoms with van der Waals surface area (Å²) >= 11 is 0. The Bertz CT molecular complexity index is 952. The maximum atomic E-state index is 13.0. The molecule has 1 atom stereocenters. The molecule has 1 aromatic carbocycles. The molecule has 1 aromatic heterocycles. The second-order valence-corrected chi connectivity index (χ2v) is 8.36. The average Bonchev–Trinajstić information content (AvgIpc) is 3.05. The minimum atomic E-state index is -3.67. The Morgan fingerprint density at radius 1 is 1.11 bits per heavy atom. The van der Waals surface area contributed by atoms with Gasteiger partial charge in [0.05, 0.1) is 31.8 Å². The first-order valence-corrected chi connectivity index (χ1v) is 10.4. The number of rotatable bonds is 5. The van der Waals surface area contributed by atoms with Gasteiger partial charge in [0, 0.05) is 31.4 Å². The Balaban J connectivity index is 1.49. The molecule has 3 heterocycles. The molecule has 0 radical (unpaired) electrons. The van der Waals surface area contributed by atoms with Crippen LogP contribution in [0.2, 0.25) is 0 Å². The third-order valence-electron chi connectivity index (χ3n) is 4.57. The maximum Gasteiger partial charge on any atom is 0.278 e. The third kappa shape index (κ3) is 3.69. The van der Waals surface area contributed by atoms with E-state index in [0.29, 0.717) is 37.7 Å². The molecule has 28 heavy (non-hydrogen) atoms. The van der Waals surface area contributed by atoms with Crippen molar-refractivity contribution in [1.82, 2.24) is 14.3 Å². The Morgan fingerprint density at radius 2 is 1.86 bits per heavy atom. The zero-order valence-electron chi connectivity index (χ0n) is 15.4. The second-order valence-electron chi connectivity index (χ2n) is 6.42. The molecule has 2 aliphatic heterocycles. The fraction of sp³-hybridized carbons (Fsp3) is 0.444. The third-order valence-corrected chi connectivity index (χ3v) is 6.43. The van der Waals surface area contributed by atoms with Gasteiger partial charge in [-0.2, -0.15) is 4.31 Å². The normalized spacial score (nSPS) is 19.8. The molecular formula is C18H21N3O6S. The number of nitrogens with zero attached hydrogens (tertiary/aromatic N) is 3. The van der Waals surface area contributed by atoms with Crippen LogP contribution in [0.5, 0.6) is 23.3 Å². The maximum absolute atomic E-state index is 13.0. The lowest BCUT2D eigenvalue weighted by Gasteiger charge is -2.18. The standard InChI is InChI=1S/C18H21N3O6S/c1-24-17-18(20-7-6-19-17)27-13-5-8-21(12-13)28(22,23)14-3-4-15-16(11-14)26-10-2-9-25-15/h3-4,6-7,11,13H,2,5,8-10,12H2,1H3. The average molecular weight is 407 g/mol. The summed E-state index contributed by atoms with van der Waals surface area (Å²) in [5, 5.41) is 0. The lowest BCUT2D eigenvalue weighted by molar-refractivity contribution is 0.194. The second kappa shape index (κ2) is 7.80. The summed E-state index contributed by atoms with van der Waals surface area (Å²) < 4.78 is 49.6. The van der Waals surface area contributed by atoms with Crippen molar-refractivity contribution in [3.05, 3.63) is 30.6 Å². The molecule has 2 aliphatic rings. The number of methoxy groups -OCH3 is 1. The first-order chi connectivity index (χ1) is 13.6. The molecule has 0 bridgehead atoms. The summed E-state index contributed by atoms with van der Waals surface area (Å²) in [7, 11) is -2.20. The van der Waals surface area contributed by atoms with E-state index in [4.69, 9.17) is 18.9 Å². The molecule has 0 saturated carbocycles. The van der Waals surface area contributed by atoms with Crippen molar-refractivity contribution in [2.24, 2.45) is 0 Å². The van der Waals surface area contributed by atoms with Crippen molar-refractivity contribution in [2.45, 2.75) is 23.8 Å². The first-order valence-electron chi connectivity index (χ1n) is 8.99. The van der Waals surface area contributed by atoms with Crippen LogP contribution >= 0.6 is 0 Å². The van der Waals surface area contributed by atoms with E-state index in [1.807, 2.05) is 0 Å². The van der Waals surface area contributed by atoms with E-state index in [-0.39, 0.29) is 29.3 Å². The van der Waals surface area contributed by atoms with Crippen LogP contribution in [0, 0.1) is 0 Å². The zero-order chi connectivity index (χ0) is 19.6. The molecule has 1 saturated heterocycles. The van der Waals surface area contributed by atoms with E-state index in [1.54, 1.807) is 12.1 Å². The number of sulfonamides is 1. The quantitative estimate of drug-likeness (QED) is 0.735. The highest BCUT2D eigenvalue weighted by Gasteiger charge is 2.35. The molecule has 2 aromatic rings. The van der Waals surface area contributed by atoms with Gasteiger partial charge in [-0.05, 0) is 18.6 Å². The zero-order valence-corrected chi connectivity index (χ0v) is 16.2. The number of benzene rings is 1. The van der Waals surface area contributed by atoms with Crippen LogP contribution in [0.1, 0.15) is 12.8 Å². The van der Waals surface area contributed by atoms with Gasteiger partial charge >= 0.3 is 0 Å². The fourth-order valence-electron chi connectivity index (χ4n) is 3.16. The van der Waals surface area contributed by atoms with Gasteiger partial charge in [0.2, 0.25) is 10.0 Å². The number of fused-ring (bicyclic) bond motifs is 1. The van der Waals surface area contributed by atoms with Gasteiger partial charge in [-0.3, -0.25) is 0 Å². The van der Waals surface area contributed by atoms with E-state index in [2.05, 4.69) is 9.97 Å². The molecule has 9 nitrogen and oxygen atoms in total. The van der Waals surface area contributed by atoms with E-state index in [0.717, 1.165) is 6.42 Å². The number of aromatic nitrogens is 2. The van der Waals surface area contributed by atoms with Crippen molar-refractivity contribution in [2.75, 3.05) is 33.4 Å². The first kappa shape index (κ1) is 18.8. The lowest BCUT2D eigenvalue weighted by Crippen LogP contribution is -2.31. The number of ether oxygens (including phenoxy) is 4. The van der Waals surface area contributed by atoms with E-state index >= 15 is 0 Å². The molecule has 4 rings (SSSR count). The van der Waals surface area contributed by atoms with Gasteiger partial charge in [-0.25, -0.2) is 18.4 Å². The lowest BCUT2D eigenvalue weighted by atomic mass is 10.3. The molecule has 1 fully saturated rings. The monoisotopic (exact) mass is 407 g/mol. The van der Waals surface area contributed by atoms with Gasteiger partial charge in [0.15, 0.2) is 11.5 Å². The topological polar surface area (TPSA) is 100 Å². The SMILES string of the molecule is COc1nccnc1OC1CCN(S(=O)(=O)c2ccc3c(c2)OCCCO3)C1. The summed E-state index contributed by atoms with van der Waals surface area (Å²) in [6.07, 6.45) is 3.97. The predicted molar refractivity (Wildman–Crippen MR) is 98.4 cm³/mol. The molecule has 150 valence electrons. The van der Waals surface area contributed by atoms with Crippen LogP contribution in [0.15, 0.2) is 35.5 Å². The molecule has 0 amide bonds. The molecular weight excluding hydrogens is 386 g/mol. The molecule has 1 unspecified atom stereocenters. The van der Waals surface area contributed by atoms with Crippen LogP contribution < -0.4 is 18.9 Å². The Labute approximate surface area is 163 Å². The van der Waals surface area contributed by atoms with Crippen LogP contribution in [0.3, 0.4) is 0 Å². The smallest absolute Gasteiger partial charge is 0.278 e. The van der Waals surface area contributed by atoms with E-state index < -0.39 is 10.0 Å². The minimum Gasteiger partial charge on any atom is -0.490 e. The predicted octanol–water partition coefficient (Wildman–Crippen LogP) is 1.49. The summed E-state index contributed by atoms with van der Waals surface area (Å²) in [5.41, 5.74) is 0. The highest BCUT2D eigenvalue weighted by atomic mass is 32.2. The molecule has 0 aliphatic carbocycles. The Kier molecular flexibility index (Phi) is 5.23. The van der Waals surface area contributed by atoms with Crippen molar-refractivity contribution in [1.29, 1.82) is 0 Å². The van der Waals surface area contributed by atoms with Crippen LogP contribution in [0.4, 0.5) is 0 Å². The molecule has 0 spiro atoms. The summed E-state index contributed by atoms with van der Waals surface area (Å²) in [5.74, 6) is 1.54. The molecule has 10 heteroatoms. The van der Waals surface area contributed by atoms with Gasteiger partial charge in [0.25, 0.3) is 11.8 Å². The fourth-order valence-corrected chi connectivity index (χ4v) is 4.66. The van der Waals surface area contributed by atoms with Gasteiger partial charge in [-0.1, -0.05) is 0 Å². The van der Waals surface area contributed by atoms with Gasteiger partial charge in [-0.15, -0.1) is 0 Å². The summed E-state index contributed by atoms with van der Waals surface area (Å²) in [6, 6.07) is 4.71. The summed E-state index contributed by atoms with van der Waals surface area (Å²) in [4.78, 5) is 8.32. The van der Waals surface area contributed by atoms with Crippen molar-refractivity contribution in [3.63, 3.8) is 0 Å². The van der Waals surface area contributed by atoms with E-state index in [1.165, 1.54) is 29.9 Å². The highest BCUT2D eigenvalue weighted by Crippen LogP contribution is 2.34. The number of hydrogen-bond acceptors (Lipinski definition) is 8. The van der Waals surface area contributed by atoms with Crippen LogP contribution in [-0.2, 0) is 10.0 Å². The largest absolute Gasteiger partial charge is 0.490 e. The van der Waals surface area contributed by atoms with E-state index in [9.17, 15) is 8.42 Å². The van der Waals surface area contributed by atoms with Crippen LogP contribution in [-0.4, -0.2) is 62.2 Å². The van der Waals surface area contributed by atoms with Gasteiger partial charge < -0.3 is 18.9 Å². The Morgan fingerprint density at radius 3 is 2.64 bits per heavy atom. The molecule has 0 N–H and O–H groups in total. The minimum absolute atomic E-state index is 0.175. The van der Waals surface area contributed by atoms with Crippen LogP contribution in [0.25, 0.3) is 0 Å². The van der Waals surface area contributed by atoms with Crippen molar-refractivity contribution >= 4 is 10.0 Å². The highest BCUT2D eigenvalue weighted by molar-refractivity contribution is 7.89. The summed E-state index contributed by atoms with van der Waals surface area (Å²) in [6.45, 7) is 1.62. The Hall–Kier alpha value is -2.59. The van der Waals surface area contributed by atoms with Gasteiger partial charge in [0.1, 0.15) is 6.10 Å². The van der Waals surface area contributed by atoms with Crippen molar-refractivity contribution < 1.29 is 27.4 Å². The van der Waals surface area contributed by atoms with Crippen molar-refractivity contribution in [3.8, 4) is 23.3 Å². The number of hydrogen-bond donors (Lipinski definition) is 0.